The largest absolute Gasteiger partial charge is 0.508 e. The predicted molar refractivity (Wildman–Crippen MR) is 89.8 cm³/mol. The number of benzene rings is 2. The molecule has 2 N–H and O–H groups in total. The van der Waals surface area contributed by atoms with Gasteiger partial charge in [0.1, 0.15) is 11.5 Å². The van der Waals surface area contributed by atoms with Crippen LogP contribution in [0.3, 0.4) is 0 Å². The summed E-state index contributed by atoms with van der Waals surface area (Å²) in [6.45, 7) is 1.79. The van der Waals surface area contributed by atoms with Crippen LogP contribution in [-0.2, 0) is 11.6 Å². The molecule has 1 saturated carbocycles. The van der Waals surface area contributed by atoms with Crippen LogP contribution in [-0.4, -0.2) is 10.2 Å². The van der Waals surface area contributed by atoms with Gasteiger partial charge in [0.05, 0.1) is 5.56 Å². The van der Waals surface area contributed by atoms with Crippen molar-refractivity contribution in [2.45, 2.75) is 50.6 Å². The minimum Gasteiger partial charge on any atom is -0.508 e. The van der Waals surface area contributed by atoms with E-state index in [1.807, 2.05) is 6.07 Å². The topological polar surface area (TPSA) is 40.5 Å². The summed E-state index contributed by atoms with van der Waals surface area (Å²) >= 11 is 0. The summed E-state index contributed by atoms with van der Waals surface area (Å²) in [7, 11) is 0. The molecule has 1 fully saturated rings. The first-order valence-corrected chi connectivity index (χ1v) is 8.45. The Balaban J connectivity index is 2.18. The van der Waals surface area contributed by atoms with E-state index in [1.54, 1.807) is 25.1 Å². The molecule has 0 saturated heterocycles. The standard InChI is InChI=1S/C20H21F3O2/c1-13-11-14(5-7-17(13)24)19(9-3-2-4-10-19)15-6-8-18(25)16(12-15)20(21,22)23/h5-8,11-12,24-25H,2-4,9-10H2,1H3. The quantitative estimate of drug-likeness (QED) is 0.732. The van der Waals surface area contributed by atoms with Gasteiger partial charge in [-0.3, -0.25) is 0 Å². The van der Waals surface area contributed by atoms with E-state index >= 15 is 0 Å². The fourth-order valence-corrected chi connectivity index (χ4v) is 3.91. The highest BCUT2D eigenvalue weighted by atomic mass is 19.4. The second kappa shape index (κ2) is 6.28. The maximum absolute atomic E-state index is 13.2. The van der Waals surface area contributed by atoms with Crippen molar-refractivity contribution in [3.8, 4) is 11.5 Å². The minimum absolute atomic E-state index is 0.177. The molecule has 0 spiro atoms. The van der Waals surface area contributed by atoms with Crippen molar-refractivity contribution in [1.29, 1.82) is 0 Å². The fraction of sp³-hybridized carbons (Fsp3) is 0.400. The number of hydrogen-bond acceptors (Lipinski definition) is 2. The number of alkyl halides is 3. The molecular weight excluding hydrogens is 329 g/mol. The van der Waals surface area contributed by atoms with Crippen molar-refractivity contribution >= 4 is 0 Å². The van der Waals surface area contributed by atoms with Crippen molar-refractivity contribution in [2.75, 3.05) is 0 Å². The third-order valence-electron chi connectivity index (χ3n) is 5.31. The molecule has 1 aliphatic rings. The van der Waals surface area contributed by atoms with Crippen molar-refractivity contribution in [2.24, 2.45) is 0 Å². The van der Waals surface area contributed by atoms with E-state index in [9.17, 15) is 23.4 Å². The normalized spacial score (nSPS) is 17.4. The fourth-order valence-electron chi connectivity index (χ4n) is 3.91. The molecule has 2 aromatic carbocycles. The number of phenols is 2. The van der Waals surface area contributed by atoms with Crippen molar-refractivity contribution in [3.63, 3.8) is 0 Å². The van der Waals surface area contributed by atoms with Crippen LogP contribution in [0.4, 0.5) is 13.2 Å². The van der Waals surface area contributed by atoms with Gasteiger partial charge >= 0.3 is 6.18 Å². The zero-order chi connectivity index (χ0) is 18.2. The lowest BCUT2D eigenvalue weighted by Crippen LogP contribution is -2.31. The zero-order valence-electron chi connectivity index (χ0n) is 14.0. The van der Waals surface area contributed by atoms with Gasteiger partial charge in [-0.05, 0) is 54.7 Å². The third kappa shape index (κ3) is 3.20. The Labute approximate surface area is 144 Å². The molecular formula is C20H21F3O2. The molecule has 0 unspecified atom stereocenters. The number of rotatable bonds is 2. The molecule has 0 aliphatic heterocycles. The van der Waals surface area contributed by atoms with Crippen LogP contribution in [0.5, 0.6) is 11.5 Å². The Morgan fingerprint density at radius 3 is 1.96 bits per heavy atom. The highest BCUT2D eigenvalue weighted by molar-refractivity contribution is 5.48. The Bertz CT molecular complexity index is 775. The van der Waals surface area contributed by atoms with Crippen LogP contribution < -0.4 is 0 Å². The van der Waals surface area contributed by atoms with E-state index in [1.165, 1.54) is 0 Å². The highest BCUT2D eigenvalue weighted by Gasteiger charge is 2.40. The van der Waals surface area contributed by atoms with Crippen molar-refractivity contribution < 1.29 is 23.4 Å². The van der Waals surface area contributed by atoms with Crippen molar-refractivity contribution in [3.05, 3.63) is 58.7 Å². The number of aromatic hydroxyl groups is 2. The molecule has 2 nitrogen and oxygen atoms in total. The Kier molecular flexibility index (Phi) is 4.43. The molecule has 1 aliphatic carbocycles. The smallest absolute Gasteiger partial charge is 0.419 e. The van der Waals surface area contributed by atoms with Gasteiger partial charge in [0.15, 0.2) is 0 Å². The van der Waals surface area contributed by atoms with Gasteiger partial charge in [-0.1, -0.05) is 37.5 Å². The van der Waals surface area contributed by atoms with E-state index in [4.69, 9.17) is 0 Å². The second-order valence-electron chi connectivity index (χ2n) is 6.87. The van der Waals surface area contributed by atoms with Crippen LogP contribution in [0, 0.1) is 6.92 Å². The van der Waals surface area contributed by atoms with Crippen LogP contribution in [0.2, 0.25) is 0 Å². The van der Waals surface area contributed by atoms with Gasteiger partial charge in [-0.15, -0.1) is 0 Å². The Morgan fingerprint density at radius 2 is 1.40 bits per heavy atom. The molecule has 0 amide bonds. The summed E-state index contributed by atoms with van der Waals surface area (Å²) in [6, 6.07) is 9.09. The minimum atomic E-state index is -4.60. The molecule has 0 bridgehead atoms. The predicted octanol–water partition coefficient (Wildman–Crippen LogP) is 5.68. The molecule has 0 heterocycles. The summed E-state index contributed by atoms with van der Waals surface area (Å²) in [6.07, 6.45) is -0.174. The van der Waals surface area contributed by atoms with E-state index in [0.29, 0.717) is 11.1 Å². The van der Waals surface area contributed by atoms with E-state index < -0.39 is 22.9 Å². The summed E-state index contributed by atoms with van der Waals surface area (Å²) in [5.74, 6) is -0.569. The maximum Gasteiger partial charge on any atom is 0.419 e. The average Bonchev–Trinajstić information content (AvgIpc) is 2.57. The number of phenolic OH excluding ortho intramolecular Hbond substituents is 2. The third-order valence-corrected chi connectivity index (χ3v) is 5.31. The molecule has 5 heteroatoms. The van der Waals surface area contributed by atoms with Gasteiger partial charge in [0, 0.05) is 5.41 Å². The number of aryl methyl sites for hydroxylation is 1. The lowest BCUT2D eigenvalue weighted by atomic mass is 9.65. The van der Waals surface area contributed by atoms with Crippen LogP contribution in [0.25, 0.3) is 0 Å². The second-order valence-corrected chi connectivity index (χ2v) is 6.87. The van der Waals surface area contributed by atoms with Gasteiger partial charge < -0.3 is 10.2 Å². The highest BCUT2D eigenvalue weighted by Crippen LogP contribution is 2.48. The van der Waals surface area contributed by atoms with Crippen LogP contribution in [0.15, 0.2) is 36.4 Å². The van der Waals surface area contributed by atoms with Crippen LogP contribution >= 0.6 is 0 Å². The molecule has 0 aromatic heterocycles. The average molecular weight is 350 g/mol. The van der Waals surface area contributed by atoms with Gasteiger partial charge in [-0.25, -0.2) is 0 Å². The maximum atomic E-state index is 13.2. The van der Waals surface area contributed by atoms with Gasteiger partial charge in [-0.2, -0.15) is 13.2 Å². The first-order chi connectivity index (χ1) is 11.7. The van der Waals surface area contributed by atoms with E-state index in [0.717, 1.165) is 49.8 Å². The Morgan fingerprint density at radius 1 is 0.840 bits per heavy atom. The zero-order valence-corrected chi connectivity index (χ0v) is 14.0. The lowest BCUT2D eigenvalue weighted by Gasteiger charge is -2.39. The molecule has 134 valence electrons. The molecule has 2 aromatic rings. The number of hydrogen-bond donors (Lipinski definition) is 2. The van der Waals surface area contributed by atoms with Gasteiger partial charge in [0.25, 0.3) is 0 Å². The summed E-state index contributed by atoms with van der Waals surface area (Å²) < 4.78 is 39.7. The molecule has 3 rings (SSSR count). The molecule has 25 heavy (non-hydrogen) atoms. The molecule has 0 radical (unpaired) electrons. The van der Waals surface area contributed by atoms with E-state index in [2.05, 4.69) is 0 Å². The van der Waals surface area contributed by atoms with E-state index in [-0.39, 0.29) is 5.75 Å². The summed E-state index contributed by atoms with van der Waals surface area (Å²) in [4.78, 5) is 0. The first-order valence-electron chi connectivity index (χ1n) is 8.45. The summed E-state index contributed by atoms with van der Waals surface area (Å²) in [5, 5.41) is 19.5. The summed E-state index contributed by atoms with van der Waals surface area (Å²) in [5.41, 5.74) is 0.677. The first kappa shape index (κ1) is 17.6. The van der Waals surface area contributed by atoms with Gasteiger partial charge in [0.2, 0.25) is 0 Å². The Hall–Kier alpha value is -2.17. The monoisotopic (exact) mass is 350 g/mol. The van der Waals surface area contributed by atoms with Crippen LogP contribution in [0.1, 0.15) is 54.4 Å². The molecule has 0 atom stereocenters. The number of halogens is 3. The lowest BCUT2D eigenvalue weighted by molar-refractivity contribution is -0.138. The SMILES string of the molecule is Cc1cc(C2(c3ccc(O)c(C(F)(F)F)c3)CCCCC2)ccc1O. The van der Waals surface area contributed by atoms with Crippen molar-refractivity contribution in [1.82, 2.24) is 0 Å².